The van der Waals surface area contributed by atoms with Gasteiger partial charge in [-0.3, -0.25) is 14.9 Å². The molecule has 0 bridgehead atoms. The van der Waals surface area contributed by atoms with Crippen molar-refractivity contribution in [1.29, 1.82) is 0 Å². The van der Waals surface area contributed by atoms with Crippen molar-refractivity contribution in [2.75, 3.05) is 6.61 Å². The molecule has 0 aliphatic rings. The van der Waals surface area contributed by atoms with E-state index in [4.69, 9.17) is 33.0 Å². The third-order valence-electron chi connectivity index (χ3n) is 2.30. The molecule has 0 amide bonds. The first-order valence-corrected chi connectivity index (χ1v) is 6.23. The van der Waals surface area contributed by atoms with Crippen LogP contribution in [-0.4, -0.2) is 22.6 Å². The van der Waals surface area contributed by atoms with E-state index in [9.17, 15) is 14.9 Å². The number of hydrogen-bond acceptors (Lipinski definition) is 4. The minimum Gasteiger partial charge on any atom is -0.491 e. The molecule has 0 aromatic heterocycles. The summed E-state index contributed by atoms with van der Waals surface area (Å²) in [5, 5.41) is 19.2. The average molecular weight is 320 g/mol. The fourth-order valence-corrected chi connectivity index (χ4v) is 1.73. The third-order valence-corrected chi connectivity index (χ3v) is 3.18. The first-order valence-electron chi connectivity index (χ1n) is 5.48. The molecule has 0 saturated heterocycles. The number of hydrogen-bond donors (Lipinski definition) is 1. The van der Waals surface area contributed by atoms with Gasteiger partial charge in [0.25, 0.3) is 0 Å². The fraction of sp³-hybridized carbons (Fsp3) is 0.250. The lowest BCUT2D eigenvalue weighted by Gasteiger charge is -2.09. The van der Waals surface area contributed by atoms with Crippen molar-refractivity contribution < 1.29 is 19.6 Å². The highest BCUT2D eigenvalue weighted by atomic mass is 35.5. The maximum Gasteiger partial charge on any atom is 0.306 e. The SMILES string of the molecule is C/C(=C\c1ccc(OCCC(=O)O)c(Cl)c1Cl)[N+](=O)[O-]. The molecule has 0 fully saturated rings. The van der Waals surface area contributed by atoms with Crippen LogP contribution in [-0.2, 0) is 4.79 Å². The Morgan fingerprint density at radius 2 is 2.10 bits per heavy atom. The zero-order valence-corrected chi connectivity index (χ0v) is 11.9. The highest BCUT2D eigenvalue weighted by Gasteiger charge is 2.12. The molecule has 8 heteroatoms. The van der Waals surface area contributed by atoms with Gasteiger partial charge < -0.3 is 9.84 Å². The summed E-state index contributed by atoms with van der Waals surface area (Å²) in [6.45, 7) is 1.29. The predicted molar refractivity (Wildman–Crippen MR) is 74.9 cm³/mol. The Morgan fingerprint density at radius 3 is 2.65 bits per heavy atom. The number of rotatable bonds is 6. The molecule has 0 radical (unpaired) electrons. The Hall–Kier alpha value is -1.79. The van der Waals surface area contributed by atoms with Crippen LogP contribution >= 0.6 is 23.2 Å². The van der Waals surface area contributed by atoms with Gasteiger partial charge in [0.05, 0.1) is 23.0 Å². The van der Waals surface area contributed by atoms with Gasteiger partial charge >= 0.3 is 5.97 Å². The second-order valence-corrected chi connectivity index (χ2v) is 4.57. The Morgan fingerprint density at radius 1 is 1.45 bits per heavy atom. The van der Waals surface area contributed by atoms with Crippen LogP contribution in [0.5, 0.6) is 5.75 Å². The molecule has 6 nitrogen and oxygen atoms in total. The normalized spacial score (nSPS) is 11.2. The summed E-state index contributed by atoms with van der Waals surface area (Å²) in [4.78, 5) is 20.4. The van der Waals surface area contributed by atoms with Crippen molar-refractivity contribution >= 4 is 35.2 Å². The van der Waals surface area contributed by atoms with E-state index in [2.05, 4.69) is 0 Å². The van der Waals surface area contributed by atoms with Crippen LogP contribution in [0.25, 0.3) is 6.08 Å². The molecule has 0 aliphatic heterocycles. The highest BCUT2D eigenvalue weighted by Crippen LogP contribution is 2.35. The van der Waals surface area contributed by atoms with E-state index in [1.165, 1.54) is 25.1 Å². The number of carboxylic acid groups (broad SMARTS) is 1. The van der Waals surface area contributed by atoms with Crippen LogP contribution in [0.3, 0.4) is 0 Å². The Bertz CT molecular complexity index is 571. The van der Waals surface area contributed by atoms with Crippen LogP contribution in [0.15, 0.2) is 17.8 Å². The summed E-state index contributed by atoms with van der Waals surface area (Å²) in [6.07, 6.45) is 1.12. The number of allylic oxidation sites excluding steroid dienone is 1. The topological polar surface area (TPSA) is 89.7 Å². The van der Waals surface area contributed by atoms with Gasteiger partial charge in [-0.2, -0.15) is 0 Å². The molecule has 0 atom stereocenters. The number of nitrogens with zero attached hydrogens (tertiary/aromatic N) is 1. The Labute approximate surface area is 124 Å². The summed E-state index contributed by atoms with van der Waals surface area (Å²) in [5.41, 5.74) is 0.305. The lowest BCUT2D eigenvalue weighted by molar-refractivity contribution is -0.422. The van der Waals surface area contributed by atoms with Gasteiger partial charge in [0.1, 0.15) is 10.8 Å². The van der Waals surface area contributed by atoms with E-state index in [1.54, 1.807) is 0 Å². The second-order valence-electron chi connectivity index (χ2n) is 3.82. The summed E-state index contributed by atoms with van der Waals surface area (Å²) in [5.74, 6) is -0.762. The standard InChI is InChI=1S/C12H11Cl2NO5/c1-7(15(18)19)6-8-2-3-9(12(14)11(8)13)20-5-4-10(16)17/h2-3,6H,4-5H2,1H3,(H,16,17)/b7-6+. The van der Waals surface area contributed by atoms with E-state index in [0.29, 0.717) is 5.56 Å². The number of benzene rings is 1. The molecule has 0 unspecified atom stereocenters. The summed E-state index contributed by atoms with van der Waals surface area (Å²) < 4.78 is 5.18. The minimum absolute atomic E-state index is 0.0471. The first-order chi connectivity index (χ1) is 9.32. The third kappa shape index (κ3) is 4.40. The average Bonchev–Trinajstić information content (AvgIpc) is 2.37. The van der Waals surface area contributed by atoms with E-state index in [0.717, 1.165) is 0 Å². The van der Waals surface area contributed by atoms with E-state index in [1.807, 2.05) is 0 Å². The zero-order valence-electron chi connectivity index (χ0n) is 10.4. The molecule has 108 valence electrons. The molecule has 0 spiro atoms. The number of aliphatic carboxylic acids is 1. The van der Waals surface area contributed by atoms with E-state index in [-0.39, 0.29) is 34.5 Å². The van der Waals surface area contributed by atoms with Gasteiger partial charge in [-0.25, -0.2) is 0 Å². The highest BCUT2D eigenvalue weighted by molar-refractivity contribution is 6.43. The maximum absolute atomic E-state index is 10.6. The summed E-state index contributed by atoms with van der Waals surface area (Å²) >= 11 is 12.0. The molecular formula is C12H11Cl2NO5. The van der Waals surface area contributed by atoms with Crippen LogP contribution in [0.4, 0.5) is 0 Å². The number of halogens is 2. The van der Waals surface area contributed by atoms with Crippen LogP contribution in [0.1, 0.15) is 18.9 Å². The number of carboxylic acids is 1. The lowest BCUT2D eigenvalue weighted by Crippen LogP contribution is -2.05. The zero-order chi connectivity index (χ0) is 15.3. The Balaban J connectivity index is 2.95. The Kier molecular flexibility index (Phi) is 5.79. The molecule has 1 aromatic carbocycles. The van der Waals surface area contributed by atoms with Gasteiger partial charge in [-0.1, -0.05) is 23.2 Å². The molecule has 1 N–H and O–H groups in total. The van der Waals surface area contributed by atoms with Crippen LogP contribution < -0.4 is 4.74 Å². The molecule has 0 aliphatic carbocycles. The van der Waals surface area contributed by atoms with Crippen molar-refractivity contribution in [2.45, 2.75) is 13.3 Å². The van der Waals surface area contributed by atoms with Gasteiger partial charge in [-0.05, 0) is 12.1 Å². The van der Waals surface area contributed by atoms with Crippen molar-refractivity contribution in [2.24, 2.45) is 0 Å². The minimum atomic E-state index is -0.992. The predicted octanol–water partition coefficient (Wildman–Crippen LogP) is 3.48. The van der Waals surface area contributed by atoms with Gasteiger partial charge in [0.2, 0.25) is 5.70 Å². The maximum atomic E-state index is 10.6. The quantitative estimate of drug-likeness (QED) is 0.640. The van der Waals surface area contributed by atoms with Crippen molar-refractivity contribution in [3.63, 3.8) is 0 Å². The summed E-state index contributed by atoms with van der Waals surface area (Å²) in [6, 6.07) is 2.99. The van der Waals surface area contributed by atoms with Gasteiger partial charge in [0.15, 0.2) is 0 Å². The molecule has 20 heavy (non-hydrogen) atoms. The van der Waals surface area contributed by atoms with Crippen LogP contribution in [0, 0.1) is 10.1 Å². The van der Waals surface area contributed by atoms with Gasteiger partial charge in [0, 0.05) is 18.6 Å². The monoisotopic (exact) mass is 319 g/mol. The van der Waals surface area contributed by atoms with Crippen molar-refractivity contribution in [1.82, 2.24) is 0 Å². The van der Waals surface area contributed by atoms with Crippen molar-refractivity contribution in [3.05, 3.63) is 43.6 Å². The van der Waals surface area contributed by atoms with Crippen molar-refractivity contribution in [3.8, 4) is 5.75 Å². The first kappa shape index (κ1) is 16.3. The molecule has 0 heterocycles. The number of carbonyl (C=O) groups is 1. The smallest absolute Gasteiger partial charge is 0.306 e. The molecule has 1 rings (SSSR count). The number of ether oxygens (including phenoxy) is 1. The lowest BCUT2D eigenvalue weighted by atomic mass is 10.2. The number of nitro groups is 1. The van der Waals surface area contributed by atoms with Gasteiger partial charge in [-0.15, -0.1) is 0 Å². The molecular weight excluding hydrogens is 309 g/mol. The van der Waals surface area contributed by atoms with E-state index >= 15 is 0 Å². The van der Waals surface area contributed by atoms with Crippen LogP contribution in [0.2, 0.25) is 10.0 Å². The fourth-order valence-electron chi connectivity index (χ4n) is 1.30. The second kappa shape index (κ2) is 7.12. The van der Waals surface area contributed by atoms with E-state index < -0.39 is 10.9 Å². The molecule has 0 saturated carbocycles. The summed E-state index contributed by atoms with van der Waals surface area (Å²) in [7, 11) is 0. The molecule has 1 aromatic rings. The largest absolute Gasteiger partial charge is 0.491 e.